The minimum Gasteiger partial charge on any atom is -0.396 e. The highest BCUT2D eigenvalue weighted by Gasteiger charge is 2.29. The first-order valence-electron chi connectivity index (χ1n) is 30.8. The average Bonchev–Trinajstić information content (AvgIpc) is 1.42. The van der Waals surface area contributed by atoms with Gasteiger partial charge in [0, 0.05) is 44.2 Å². The van der Waals surface area contributed by atoms with Gasteiger partial charge in [-0.1, -0.05) is 128 Å². The Morgan fingerprint density at radius 3 is 0.705 bits per heavy atom. The molecule has 88 heavy (non-hydrogen) atoms. The molecule has 0 saturated heterocycles. The fourth-order valence-corrected chi connectivity index (χ4v) is 15.0. The first kappa shape index (κ1) is 55.4. The molecule has 0 aliphatic rings. The van der Waals surface area contributed by atoms with Crippen LogP contribution in [0.25, 0.3) is 141 Å². The molecule has 10 nitrogen and oxygen atoms in total. The molecule has 0 bridgehead atoms. The van der Waals surface area contributed by atoms with Crippen molar-refractivity contribution in [1.82, 2.24) is 9.13 Å². The Labute approximate surface area is 505 Å². The summed E-state index contributed by atoms with van der Waals surface area (Å²) in [7, 11) is 0. The first-order valence-corrected chi connectivity index (χ1v) is 30.8. The van der Waals surface area contributed by atoms with Gasteiger partial charge >= 0.3 is 0 Å². The van der Waals surface area contributed by atoms with Crippen molar-refractivity contribution in [1.29, 1.82) is 0 Å². The van der Waals surface area contributed by atoms with Gasteiger partial charge in [-0.05, 0) is 227 Å². The van der Waals surface area contributed by atoms with Crippen molar-refractivity contribution in [2.24, 2.45) is 0 Å². The van der Waals surface area contributed by atoms with Crippen LogP contribution < -0.4 is 22.2 Å². The minimum atomic E-state index is -0.489. The fourth-order valence-electron chi connectivity index (χ4n) is 15.0. The Kier molecular flexibility index (Phi) is 12.7. The maximum atomic E-state index is 15.0. The van der Waals surface area contributed by atoms with Crippen LogP contribution in [0.4, 0.5) is 0 Å². The maximum Gasteiger partial charge on any atom is 0.266 e. The predicted octanol–water partition coefficient (Wildman–Crippen LogP) is 15.5. The molecule has 0 fully saturated rings. The van der Waals surface area contributed by atoms with Gasteiger partial charge in [-0.15, -0.1) is 0 Å². The van der Waals surface area contributed by atoms with E-state index in [0.29, 0.717) is 43.7 Å². The summed E-state index contributed by atoms with van der Waals surface area (Å²) in [6.45, 7) is 15.4. The number of aliphatic hydroxyl groups is 4. The quantitative estimate of drug-likeness (QED) is 0.0941. The van der Waals surface area contributed by atoms with E-state index < -0.39 is 11.8 Å². The number of nitrogens with zero attached hydrogens (tertiary/aromatic N) is 2. The van der Waals surface area contributed by atoms with Gasteiger partial charge in [0.15, 0.2) is 0 Å². The van der Waals surface area contributed by atoms with E-state index in [9.17, 15) is 20.4 Å². The van der Waals surface area contributed by atoms with Crippen molar-refractivity contribution in [2.45, 2.75) is 90.9 Å². The third-order valence-electron chi connectivity index (χ3n) is 19.6. The minimum absolute atomic E-state index is 0.0675. The van der Waals surface area contributed by atoms with Crippen molar-refractivity contribution < 1.29 is 20.4 Å². The number of aliphatic hydroxyl groups excluding tert-OH is 4. The van der Waals surface area contributed by atoms with Gasteiger partial charge in [-0.3, -0.25) is 19.2 Å². The van der Waals surface area contributed by atoms with Crippen molar-refractivity contribution in [3.05, 3.63) is 220 Å². The molecule has 15 aromatic rings. The summed E-state index contributed by atoms with van der Waals surface area (Å²) in [5.74, 6) is -1.25. The van der Waals surface area contributed by atoms with E-state index >= 15 is 19.2 Å². The van der Waals surface area contributed by atoms with E-state index in [2.05, 4.69) is 72.8 Å². The molecule has 0 atom stereocenters. The molecule has 0 unspecified atom stereocenters. The predicted molar refractivity (Wildman–Crippen MR) is 364 cm³/mol. The Morgan fingerprint density at radius 1 is 0.273 bits per heavy atom. The average molecular weight is 1160 g/mol. The van der Waals surface area contributed by atoms with Gasteiger partial charge < -0.3 is 20.4 Å². The van der Waals surface area contributed by atoms with E-state index in [4.69, 9.17) is 0 Å². The molecule has 436 valence electrons. The number of benzene rings is 10. The van der Waals surface area contributed by atoms with Crippen molar-refractivity contribution in [3.63, 3.8) is 0 Å². The third kappa shape index (κ3) is 7.88. The zero-order valence-electron chi connectivity index (χ0n) is 50.5. The molecule has 0 radical (unpaired) electrons. The van der Waals surface area contributed by atoms with E-state index in [1.807, 2.05) is 128 Å². The van der Waals surface area contributed by atoms with E-state index in [-0.39, 0.29) is 72.3 Å². The summed E-state index contributed by atoms with van der Waals surface area (Å²) in [6.07, 6.45) is 0. The van der Waals surface area contributed by atoms with Crippen LogP contribution in [0.2, 0.25) is 0 Å². The van der Waals surface area contributed by atoms with Crippen LogP contribution in [0.3, 0.4) is 0 Å². The molecule has 2 aromatic heterocycles. The molecule has 4 N–H and O–H groups in total. The SMILES string of the molecule is CC(C)c1cc(C(CO)CO)cc(C(C)C)c1-n1c(=O)c2ccc3c4cc5cc6ccc7cc8cc9c(cc8cc7ccc6cc5cc4c4ccc(c1=O)c2c34)c1ccc2c(=O)n(-c3c(C(C)C)cc(C(CO)CO)cc3C(C)C)c(=O)c3ccc9c1c32. The lowest BCUT2D eigenvalue weighted by molar-refractivity contribution is 0.192. The summed E-state index contributed by atoms with van der Waals surface area (Å²) < 4.78 is 2.74. The largest absolute Gasteiger partial charge is 0.396 e. The van der Waals surface area contributed by atoms with Crippen LogP contribution in [-0.2, 0) is 0 Å². The molecule has 2 heterocycles. The topological polar surface area (TPSA) is 159 Å². The van der Waals surface area contributed by atoms with Gasteiger partial charge in [-0.25, -0.2) is 9.13 Å². The number of pyridine rings is 2. The van der Waals surface area contributed by atoms with Gasteiger partial charge in [0.2, 0.25) is 0 Å². The molecule has 0 saturated carbocycles. The highest BCUT2D eigenvalue weighted by atomic mass is 16.3. The summed E-state index contributed by atoms with van der Waals surface area (Å²) in [5, 5.41) is 62.4. The lowest BCUT2D eigenvalue weighted by Crippen LogP contribution is -2.34. The van der Waals surface area contributed by atoms with E-state index in [1.165, 1.54) is 9.13 Å². The first-order chi connectivity index (χ1) is 42.4. The number of hydrogen-bond acceptors (Lipinski definition) is 8. The monoisotopic (exact) mass is 1160 g/mol. The number of fused-ring (bicyclic) bond motifs is 10. The van der Waals surface area contributed by atoms with Crippen LogP contribution >= 0.6 is 0 Å². The van der Waals surface area contributed by atoms with Crippen molar-refractivity contribution >= 4 is 129 Å². The highest BCUT2D eigenvalue weighted by Crippen LogP contribution is 2.46. The lowest BCUT2D eigenvalue weighted by atomic mass is 9.86. The second-order valence-electron chi connectivity index (χ2n) is 26.0. The van der Waals surface area contributed by atoms with Crippen LogP contribution in [0, 0.1) is 0 Å². The highest BCUT2D eigenvalue weighted by molar-refractivity contribution is 6.38. The van der Waals surface area contributed by atoms with E-state index in [0.717, 1.165) is 130 Å². The fraction of sp³-hybridized carbons (Fsp3) is 0.231. The standard InChI is InChI=1S/C78H66N2O8/c1-37(2)61-25-49(51(33-81)34-82)26-62(38(3)4)73(61)79-75(85)57-17-13-53-65-29-45-21-41-9-11-43-23-47-31-67-55-15-19-59-72-60(78(88)80(77(59)87)74-63(39(5)6)27-50(52(35-83)36-84)28-64(74)40(7)8)20-16-56(70(55)72)68(67)32-48(47)24-44(43)12-10-42(41)22-46(45)30-66(65)54-14-18-58(76(79)86)71(57)69(53)54/h9-32,37-40,51-52,81-84H,33-36H2,1-8H3. The van der Waals surface area contributed by atoms with Gasteiger partial charge in [0.05, 0.1) is 37.8 Å². The Balaban J connectivity index is 0.853. The molecule has 13 aromatic carbocycles. The molecule has 0 aliphatic heterocycles. The van der Waals surface area contributed by atoms with Crippen molar-refractivity contribution in [2.75, 3.05) is 26.4 Å². The van der Waals surface area contributed by atoms with Crippen LogP contribution in [0.5, 0.6) is 0 Å². The Morgan fingerprint density at radius 2 is 0.489 bits per heavy atom. The van der Waals surface area contributed by atoms with Gasteiger partial charge in [0.1, 0.15) is 0 Å². The third-order valence-corrected chi connectivity index (χ3v) is 19.6. The Bertz CT molecular complexity index is 5080. The summed E-state index contributed by atoms with van der Waals surface area (Å²) in [5.41, 5.74) is 4.49. The van der Waals surface area contributed by atoms with Crippen LogP contribution in [0.15, 0.2) is 165 Å². The molecule has 10 heteroatoms. The van der Waals surface area contributed by atoms with Crippen LogP contribution in [-0.4, -0.2) is 56.0 Å². The summed E-state index contributed by atoms with van der Waals surface area (Å²) >= 11 is 0. The van der Waals surface area contributed by atoms with Crippen molar-refractivity contribution in [3.8, 4) is 11.4 Å². The summed E-state index contributed by atoms with van der Waals surface area (Å²) in [6, 6.07) is 50.1. The van der Waals surface area contributed by atoms with E-state index in [1.54, 1.807) is 0 Å². The number of rotatable bonds is 12. The molecule has 15 rings (SSSR count). The zero-order chi connectivity index (χ0) is 61.2. The second-order valence-corrected chi connectivity index (χ2v) is 26.0. The molecule has 0 aliphatic carbocycles. The second kappa shape index (κ2) is 20.2. The Hall–Kier alpha value is -9.16. The molecular formula is C78H66N2O8. The molecule has 0 spiro atoms. The maximum absolute atomic E-state index is 15.0. The normalized spacial score (nSPS) is 12.8. The van der Waals surface area contributed by atoms with Crippen LogP contribution in [0.1, 0.15) is 124 Å². The molecule has 0 amide bonds. The number of hydrogen-bond donors (Lipinski definition) is 4. The van der Waals surface area contributed by atoms with Gasteiger partial charge in [0.25, 0.3) is 22.2 Å². The lowest BCUT2D eigenvalue weighted by Gasteiger charge is -2.25. The summed E-state index contributed by atoms with van der Waals surface area (Å²) in [4.78, 5) is 60.1. The smallest absolute Gasteiger partial charge is 0.266 e. The number of aromatic nitrogens is 2. The molecular weight excluding hydrogens is 1090 g/mol. The van der Waals surface area contributed by atoms with Gasteiger partial charge in [-0.2, -0.15) is 0 Å². The zero-order valence-corrected chi connectivity index (χ0v) is 50.5.